The van der Waals surface area contributed by atoms with E-state index in [4.69, 9.17) is 0 Å². The smallest absolute Gasteiger partial charge is 0.170 e. The maximum absolute atomic E-state index is 12.9. The van der Waals surface area contributed by atoms with E-state index in [-0.39, 0.29) is 11.2 Å². The zero-order chi connectivity index (χ0) is 16.1. The normalized spacial score (nSPS) is 12.0. The van der Waals surface area contributed by atoms with Crippen molar-refractivity contribution in [2.45, 2.75) is 27.7 Å². The zero-order valence-electron chi connectivity index (χ0n) is 13.7. The Labute approximate surface area is 135 Å². The summed E-state index contributed by atoms with van der Waals surface area (Å²) in [4.78, 5) is 15.4. The minimum Gasteiger partial charge on any atom is -0.350 e. The summed E-state index contributed by atoms with van der Waals surface area (Å²) in [5, 5.41) is 1.08. The van der Waals surface area contributed by atoms with Crippen molar-refractivity contribution in [1.29, 1.82) is 0 Å². The van der Waals surface area contributed by atoms with E-state index in [0.29, 0.717) is 0 Å². The molecule has 0 aliphatic rings. The first-order chi connectivity index (χ1) is 10.3. The van der Waals surface area contributed by atoms with Crippen LogP contribution in [0.3, 0.4) is 0 Å². The summed E-state index contributed by atoms with van der Waals surface area (Å²) < 4.78 is 2.05. The lowest BCUT2D eigenvalue weighted by Gasteiger charge is -2.16. The molecule has 0 N–H and O–H groups in total. The number of benzene rings is 1. The molecule has 0 unspecified atom stereocenters. The molecule has 1 aromatic carbocycles. The Morgan fingerprint density at radius 3 is 2.45 bits per heavy atom. The van der Waals surface area contributed by atoms with Gasteiger partial charge >= 0.3 is 0 Å². The van der Waals surface area contributed by atoms with Crippen molar-refractivity contribution < 1.29 is 4.79 Å². The van der Waals surface area contributed by atoms with Crippen LogP contribution in [0.5, 0.6) is 0 Å². The molecule has 22 heavy (non-hydrogen) atoms. The third-order valence-corrected chi connectivity index (χ3v) is 4.98. The second-order valence-electron chi connectivity index (χ2n) is 6.84. The first-order valence-electron chi connectivity index (χ1n) is 7.48. The van der Waals surface area contributed by atoms with Crippen molar-refractivity contribution in [1.82, 2.24) is 4.57 Å². The van der Waals surface area contributed by atoms with Crippen molar-refractivity contribution >= 4 is 28.0 Å². The Bertz CT molecular complexity index is 861. The van der Waals surface area contributed by atoms with E-state index >= 15 is 0 Å². The molecule has 2 aromatic heterocycles. The van der Waals surface area contributed by atoms with Gasteiger partial charge in [0.05, 0.1) is 0 Å². The van der Waals surface area contributed by atoms with Gasteiger partial charge in [0, 0.05) is 50.4 Å². The van der Waals surface area contributed by atoms with Gasteiger partial charge in [-0.1, -0.05) is 32.9 Å². The van der Waals surface area contributed by atoms with Crippen LogP contribution in [-0.4, -0.2) is 10.4 Å². The van der Waals surface area contributed by atoms with Gasteiger partial charge in [-0.25, -0.2) is 0 Å². The quantitative estimate of drug-likeness (QED) is 0.577. The Morgan fingerprint density at radius 2 is 1.86 bits per heavy atom. The highest BCUT2D eigenvalue weighted by molar-refractivity contribution is 7.15. The molecule has 114 valence electrons. The van der Waals surface area contributed by atoms with E-state index in [1.165, 1.54) is 9.75 Å². The predicted octanol–water partition coefficient (Wildman–Crippen LogP) is 5.44. The number of aryl methyl sites for hydroxylation is 2. The summed E-state index contributed by atoms with van der Waals surface area (Å²) in [6.07, 6.45) is 1.97. The first-order valence-corrected chi connectivity index (χ1v) is 8.30. The van der Waals surface area contributed by atoms with Gasteiger partial charge in [-0.3, -0.25) is 4.79 Å². The maximum Gasteiger partial charge on any atom is 0.170 e. The molecule has 0 aliphatic heterocycles. The van der Waals surface area contributed by atoms with E-state index in [1.807, 2.05) is 34.0 Å². The Hall–Kier alpha value is -1.87. The summed E-state index contributed by atoms with van der Waals surface area (Å²) in [5.41, 5.74) is 2.71. The van der Waals surface area contributed by atoms with Crippen molar-refractivity contribution in [3.05, 3.63) is 47.0 Å². The largest absolute Gasteiger partial charge is 0.350 e. The van der Waals surface area contributed by atoms with Gasteiger partial charge in [0.25, 0.3) is 0 Å². The number of rotatable bonds is 2. The van der Waals surface area contributed by atoms with Gasteiger partial charge < -0.3 is 4.57 Å². The number of carbonyl (C=O) groups is 1. The fourth-order valence-corrected chi connectivity index (χ4v) is 3.70. The summed E-state index contributed by atoms with van der Waals surface area (Å²) >= 11 is 1.77. The molecule has 2 nitrogen and oxygen atoms in total. The molecule has 0 atom stereocenters. The number of hydrogen-bond acceptors (Lipinski definition) is 2. The molecule has 0 bridgehead atoms. The van der Waals surface area contributed by atoms with E-state index in [1.54, 1.807) is 11.3 Å². The molecule has 3 aromatic rings. The molecular weight excluding hydrogens is 290 g/mol. The van der Waals surface area contributed by atoms with Crippen molar-refractivity contribution in [2.75, 3.05) is 0 Å². The summed E-state index contributed by atoms with van der Waals surface area (Å²) in [6.45, 7) is 8.05. The highest BCUT2D eigenvalue weighted by Gasteiger charge is 2.27. The number of aromatic nitrogens is 1. The minimum atomic E-state index is -0.382. The third-order valence-electron chi connectivity index (χ3n) is 3.95. The van der Waals surface area contributed by atoms with Crippen LogP contribution >= 0.6 is 11.3 Å². The Balaban J connectivity index is 2.33. The van der Waals surface area contributed by atoms with E-state index in [2.05, 4.69) is 41.8 Å². The lowest BCUT2D eigenvalue weighted by molar-refractivity contribution is 0.0860. The van der Waals surface area contributed by atoms with Crippen LogP contribution in [0.25, 0.3) is 21.3 Å². The van der Waals surface area contributed by atoms with E-state index in [9.17, 15) is 4.79 Å². The van der Waals surface area contributed by atoms with Gasteiger partial charge in [0.2, 0.25) is 0 Å². The highest BCUT2D eigenvalue weighted by Crippen LogP contribution is 2.37. The predicted molar refractivity (Wildman–Crippen MR) is 94.8 cm³/mol. The number of hydrogen-bond donors (Lipinski definition) is 0. The maximum atomic E-state index is 12.9. The fraction of sp³-hybridized carbons (Fsp3) is 0.316. The standard InChI is InChI=1S/C19H21NOS/c1-12-9-10-16(22-12)13-7-6-8-15-17(13)14(11-20(15)5)18(21)19(2,3)4/h6-11H,1-5H3. The van der Waals surface area contributed by atoms with Gasteiger partial charge in [0.15, 0.2) is 5.78 Å². The Kier molecular flexibility index (Phi) is 3.48. The second-order valence-corrected chi connectivity index (χ2v) is 8.13. The number of Topliss-reactive ketones (excluding diaryl/α,β-unsaturated/α-hetero) is 1. The molecule has 2 heterocycles. The monoisotopic (exact) mass is 311 g/mol. The number of fused-ring (bicyclic) bond motifs is 1. The van der Waals surface area contributed by atoms with Crippen LogP contribution in [0, 0.1) is 12.3 Å². The van der Waals surface area contributed by atoms with Gasteiger partial charge in [0.1, 0.15) is 0 Å². The summed E-state index contributed by atoms with van der Waals surface area (Å²) in [6, 6.07) is 10.5. The lowest BCUT2D eigenvalue weighted by Crippen LogP contribution is -2.19. The number of carbonyl (C=O) groups excluding carboxylic acids is 1. The molecule has 0 amide bonds. The zero-order valence-corrected chi connectivity index (χ0v) is 14.5. The molecule has 0 fully saturated rings. The van der Waals surface area contributed by atoms with Crippen LogP contribution in [0.1, 0.15) is 36.0 Å². The molecule has 0 saturated heterocycles. The highest BCUT2D eigenvalue weighted by atomic mass is 32.1. The van der Waals surface area contributed by atoms with E-state index < -0.39 is 0 Å². The molecule has 0 spiro atoms. The van der Waals surface area contributed by atoms with Crippen molar-refractivity contribution in [2.24, 2.45) is 12.5 Å². The molecular formula is C19H21NOS. The minimum absolute atomic E-state index is 0.193. The van der Waals surface area contributed by atoms with Crippen LogP contribution in [0.2, 0.25) is 0 Å². The Morgan fingerprint density at radius 1 is 1.14 bits per heavy atom. The van der Waals surface area contributed by atoms with Crippen molar-refractivity contribution in [3.63, 3.8) is 0 Å². The van der Waals surface area contributed by atoms with Crippen LogP contribution in [0.15, 0.2) is 36.5 Å². The first kappa shape index (κ1) is 15.0. The average molecular weight is 311 g/mol. The van der Waals surface area contributed by atoms with Gasteiger partial charge in [-0.05, 0) is 25.1 Å². The van der Waals surface area contributed by atoms with Gasteiger partial charge in [-0.15, -0.1) is 11.3 Å². The number of nitrogens with zero attached hydrogens (tertiary/aromatic N) is 1. The number of ketones is 1. The molecule has 0 radical (unpaired) electrons. The topological polar surface area (TPSA) is 22.0 Å². The molecule has 3 rings (SSSR count). The molecule has 3 heteroatoms. The van der Waals surface area contributed by atoms with Crippen LogP contribution in [-0.2, 0) is 7.05 Å². The van der Waals surface area contributed by atoms with Crippen LogP contribution in [0.4, 0.5) is 0 Å². The van der Waals surface area contributed by atoms with E-state index in [0.717, 1.165) is 22.0 Å². The SMILES string of the molecule is Cc1ccc(-c2cccc3c2c(C(=O)C(C)(C)C)cn3C)s1. The lowest BCUT2D eigenvalue weighted by atomic mass is 9.85. The number of thiophene rings is 1. The molecule has 0 aliphatic carbocycles. The summed E-state index contributed by atoms with van der Waals surface area (Å²) in [7, 11) is 2.01. The summed E-state index contributed by atoms with van der Waals surface area (Å²) in [5.74, 6) is 0.193. The third kappa shape index (κ3) is 2.40. The second kappa shape index (κ2) is 5.10. The van der Waals surface area contributed by atoms with Crippen LogP contribution < -0.4 is 0 Å². The average Bonchev–Trinajstić information content (AvgIpc) is 3.01. The van der Waals surface area contributed by atoms with Gasteiger partial charge in [-0.2, -0.15) is 0 Å². The van der Waals surface area contributed by atoms with Crippen molar-refractivity contribution in [3.8, 4) is 10.4 Å². The molecule has 0 saturated carbocycles. The fourth-order valence-electron chi connectivity index (χ4n) is 2.81.